The predicted molar refractivity (Wildman–Crippen MR) is 79.1 cm³/mol. The summed E-state index contributed by atoms with van der Waals surface area (Å²) in [5.41, 5.74) is -0.831. The zero-order chi connectivity index (χ0) is 17.2. The van der Waals surface area contributed by atoms with Gasteiger partial charge in [-0.25, -0.2) is 13.2 Å². The molecule has 0 spiro atoms. The summed E-state index contributed by atoms with van der Waals surface area (Å²) in [5, 5.41) is 0. The van der Waals surface area contributed by atoms with Crippen LogP contribution >= 0.6 is 0 Å². The van der Waals surface area contributed by atoms with E-state index in [1.54, 1.807) is 20.8 Å². The second kappa shape index (κ2) is 6.40. The lowest BCUT2D eigenvalue weighted by molar-refractivity contribution is -0.154. The first-order valence-electron chi connectivity index (χ1n) is 6.97. The molecule has 0 radical (unpaired) electrons. The quantitative estimate of drug-likeness (QED) is 0.800. The minimum Gasteiger partial charge on any atom is -0.460 e. The normalized spacial score (nSPS) is 11.4. The molecule has 0 saturated carbocycles. The molecule has 23 heavy (non-hydrogen) atoms. The van der Waals surface area contributed by atoms with E-state index in [2.05, 4.69) is 4.98 Å². The molecule has 6 heteroatoms. The monoisotopic (exact) mass is 323 g/mol. The Morgan fingerprint density at radius 1 is 1.13 bits per heavy atom. The van der Waals surface area contributed by atoms with Crippen molar-refractivity contribution >= 4 is 5.97 Å². The third-order valence-corrected chi connectivity index (χ3v) is 2.87. The second-order valence-corrected chi connectivity index (χ2v) is 6.04. The first kappa shape index (κ1) is 17.0. The van der Waals surface area contributed by atoms with Crippen molar-refractivity contribution in [3.05, 3.63) is 53.6 Å². The highest BCUT2D eigenvalue weighted by molar-refractivity contribution is 5.74. The number of nitrogens with zero attached hydrogens (tertiary/aromatic N) is 1. The summed E-state index contributed by atoms with van der Waals surface area (Å²) in [6.45, 7) is 5.09. The van der Waals surface area contributed by atoms with Gasteiger partial charge in [0.25, 0.3) is 0 Å². The molecule has 122 valence electrons. The van der Waals surface area contributed by atoms with Gasteiger partial charge in [0.1, 0.15) is 17.2 Å². The van der Waals surface area contributed by atoms with Crippen molar-refractivity contribution < 1.29 is 22.7 Å². The Morgan fingerprint density at radius 3 is 2.30 bits per heavy atom. The fraction of sp³-hybridized carbons (Fsp3) is 0.294. The number of hydrogen-bond acceptors (Lipinski definition) is 3. The number of aromatic nitrogens is 1. The standard InChI is InChI=1S/C17H16F3NO2/c1-17(2,3)23-15(22)9-14-16(20)13(4-5-21-14)10-6-11(18)8-12(19)7-10/h4-8H,9H2,1-3H3. The van der Waals surface area contributed by atoms with Crippen molar-refractivity contribution in [3.8, 4) is 11.1 Å². The van der Waals surface area contributed by atoms with Gasteiger partial charge in [0.05, 0.1) is 12.1 Å². The molecule has 3 nitrogen and oxygen atoms in total. The lowest BCUT2D eigenvalue weighted by Crippen LogP contribution is -2.25. The Labute approximate surface area is 132 Å². The lowest BCUT2D eigenvalue weighted by Gasteiger charge is -2.19. The molecule has 0 aliphatic rings. The number of benzene rings is 1. The fourth-order valence-corrected chi connectivity index (χ4v) is 2.06. The van der Waals surface area contributed by atoms with Crippen molar-refractivity contribution in [1.29, 1.82) is 0 Å². The Bertz CT molecular complexity index is 719. The van der Waals surface area contributed by atoms with Crippen LogP contribution in [-0.4, -0.2) is 16.6 Å². The van der Waals surface area contributed by atoms with Crippen molar-refractivity contribution in [3.63, 3.8) is 0 Å². The van der Waals surface area contributed by atoms with Crippen LogP contribution in [0.5, 0.6) is 0 Å². The number of pyridine rings is 1. The van der Waals surface area contributed by atoms with Gasteiger partial charge in [-0.2, -0.15) is 0 Å². The largest absolute Gasteiger partial charge is 0.460 e. The number of esters is 1. The van der Waals surface area contributed by atoms with Crippen LogP contribution < -0.4 is 0 Å². The van der Waals surface area contributed by atoms with Gasteiger partial charge >= 0.3 is 5.97 Å². The van der Waals surface area contributed by atoms with Crippen LogP contribution in [-0.2, 0) is 16.0 Å². The molecule has 1 heterocycles. The predicted octanol–water partition coefficient (Wildman–Crippen LogP) is 4.05. The molecule has 0 atom stereocenters. The Hall–Kier alpha value is -2.37. The number of halogens is 3. The molecular formula is C17H16F3NO2. The lowest BCUT2D eigenvalue weighted by atomic mass is 10.0. The van der Waals surface area contributed by atoms with E-state index < -0.39 is 29.0 Å². The van der Waals surface area contributed by atoms with Crippen LogP contribution in [0.1, 0.15) is 26.5 Å². The summed E-state index contributed by atoms with van der Waals surface area (Å²) >= 11 is 0. The molecule has 2 rings (SSSR count). The number of hydrogen-bond donors (Lipinski definition) is 0. The smallest absolute Gasteiger partial charge is 0.312 e. The number of rotatable bonds is 3. The highest BCUT2D eigenvalue weighted by atomic mass is 19.1. The van der Waals surface area contributed by atoms with Gasteiger partial charge in [0.2, 0.25) is 0 Å². The molecule has 2 aromatic rings. The number of carbonyl (C=O) groups is 1. The SMILES string of the molecule is CC(C)(C)OC(=O)Cc1nccc(-c2cc(F)cc(F)c2)c1F. The maximum atomic E-state index is 14.5. The van der Waals surface area contributed by atoms with Crippen LogP contribution in [0.25, 0.3) is 11.1 Å². The molecular weight excluding hydrogens is 307 g/mol. The molecule has 1 aromatic heterocycles. The highest BCUT2D eigenvalue weighted by Gasteiger charge is 2.20. The summed E-state index contributed by atoms with van der Waals surface area (Å²) in [6, 6.07) is 4.02. The third kappa shape index (κ3) is 4.55. The average molecular weight is 323 g/mol. The molecule has 0 unspecified atom stereocenters. The average Bonchev–Trinajstić information content (AvgIpc) is 2.37. The van der Waals surface area contributed by atoms with Gasteiger partial charge in [-0.3, -0.25) is 9.78 Å². The van der Waals surface area contributed by atoms with E-state index >= 15 is 0 Å². The summed E-state index contributed by atoms with van der Waals surface area (Å²) in [5.74, 6) is -3.07. The van der Waals surface area contributed by atoms with Gasteiger partial charge in [-0.05, 0) is 44.5 Å². The second-order valence-electron chi connectivity index (χ2n) is 6.04. The molecule has 0 fully saturated rings. The van der Waals surface area contributed by atoms with Gasteiger partial charge in [0.15, 0.2) is 5.82 Å². The van der Waals surface area contributed by atoms with E-state index in [1.165, 1.54) is 12.3 Å². The summed E-state index contributed by atoms with van der Waals surface area (Å²) < 4.78 is 46.2. The van der Waals surface area contributed by atoms with Crippen molar-refractivity contribution in [2.75, 3.05) is 0 Å². The molecule has 1 aromatic carbocycles. The molecule has 0 aliphatic heterocycles. The zero-order valence-electron chi connectivity index (χ0n) is 13.0. The Morgan fingerprint density at radius 2 is 1.74 bits per heavy atom. The fourth-order valence-electron chi connectivity index (χ4n) is 2.06. The van der Waals surface area contributed by atoms with Crippen LogP contribution in [0.2, 0.25) is 0 Å². The minimum atomic E-state index is -0.815. The van der Waals surface area contributed by atoms with Crippen molar-refractivity contribution in [2.24, 2.45) is 0 Å². The molecule has 0 bridgehead atoms. The van der Waals surface area contributed by atoms with E-state index in [1.807, 2.05) is 0 Å². The number of carbonyl (C=O) groups excluding carboxylic acids is 1. The van der Waals surface area contributed by atoms with Gasteiger partial charge in [-0.15, -0.1) is 0 Å². The first-order valence-corrected chi connectivity index (χ1v) is 6.97. The van der Waals surface area contributed by atoms with E-state index in [0.717, 1.165) is 12.1 Å². The summed E-state index contributed by atoms with van der Waals surface area (Å²) in [7, 11) is 0. The minimum absolute atomic E-state index is 0.0306. The van der Waals surface area contributed by atoms with Crippen molar-refractivity contribution in [2.45, 2.75) is 32.8 Å². The van der Waals surface area contributed by atoms with E-state index in [0.29, 0.717) is 6.07 Å². The molecule has 0 N–H and O–H groups in total. The van der Waals surface area contributed by atoms with Crippen LogP contribution in [0.3, 0.4) is 0 Å². The van der Waals surface area contributed by atoms with Crippen LogP contribution in [0.4, 0.5) is 13.2 Å². The molecule has 0 amide bonds. The van der Waals surface area contributed by atoms with Gasteiger partial charge in [-0.1, -0.05) is 0 Å². The van der Waals surface area contributed by atoms with E-state index in [-0.39, 0.29) is 23.2 Å². The van der Waals surface area contributed by atoms with E-state index in [9.17, 15) is 18.0 Å². The maximum Gasteiger partial charge on any atom is 0.312 e. The topological polar surface area (TPSA) is 39.2 Å². The highest BCUT2D eigenvalue weighted by Crippen LogP contribution is 2.26. The Kier molecular flexibility index (Phi) is 4.73. The van der Waals surface area contributed by atoms with Crippen LogP contribution in [0, 0.1) is 17.5 Å². The first-order chi connectivity index (χ1) is 10.7. The molecule has 0 aliphatic carbocycles. The summed E-state index contributed by atoms with van der Waals surface area (Å²) in [4.78, 5) is 15.6. The zero-order valence-corrected chi connectivity index (χ0v) is 13.0. The number of ether oxygens (including phenoxy) is 1. The van der Waals surface area contributed by atoms with Crippen molar-refractivity contribution in [1.82, 2.24) is 4.98 Å². The van der Waals surface area contributed by atoms with Gasteiger partial charge in [0, 0.05) is 17.8 Å². The molecule has 0 saturated heterocycles. The maximum absolute atomic E-state index is 14.5. The Balaban J connectivity index is 2.33. The van der Waals surface area contributed by atoms with Gasteiger partial charge < -0.3 is 4.74 Å². The van der Waals surface area contributed by atoms with E-state index in [4.69, 9.17) is 4.74 Å². The third-order valence-electron chi connectivity index (χ3n) is 2.87. The van der Waals surface area contributed by atoms with Crippen LogP contribution in [0.15, 0.2) is 30.5 Å². The summed E-state index contributed by atoms with van der Waals surface area (Å²) in [6.07, 6.45) is 0.912.